The van der Waals surface area contributed by atoms with E-state index in [1.54, 1.807) is 17.0 Å². The minimum absolute atomic E-state index is 0.0451. The van der Waals surface area contributed by atoms with Crippen LogP contribution >= 0.6 is 11.6 Å². The lowest BCUT2D eigenvalue weighted by Crippen LogP contribution is -2.32. The first kappa shape index (κ1) is 20.6. The number of carbonyl (C=O) groups is 1. The molecular weight excluding hydrogens is 418 g/mol. The number of likely N-dealkylation sites (tertiary alicyclic amines) is 1. The molecular formula is C24H22ClNO3S. The Bertz CT molecular complexity index is 1130. The van der Waals surface area contributed by atoms with Crippen molar-refractivity contribution < 1.29 is 13.2 Å². The molecule has 1 fully saturated rings. The van der Waals surface area contributed by atoms with Gasteiger partial charge in [0.15, 0.2) is 9.84 Å². The van der Waals surface area contributed by atoms with Crippen LogP contribution in [0.15, 0.2) is 83.8 Å². The lowest BCUT2D eigenvalue weighted by atomic mass is 10.0. The Morgan fingerprint density at radius 2 is 1.53 bits per heavy atom. The van der Waals surface area contributed by atoms with E-state index in [1.165, 1.54) is 12.1 Å². The Hall–Kier alpha value is -2.63. The molecule has 1 aliphatic heterocycles. The SMILES string of the molecule is O=C(Cc1ccc(-c2ccccc2)cc1)N1CCC(S(=O)(=O)c2ccc(Cl)cc2)C1. The van der Waals surface area contributed by atoms with E-state index in [0.717, 1.165) is 16.7 Å². The number of rotatable bonds is 5. The molecule has 1 atom stereocenters. The Labute approximate surface area is 182 Å². The summed E-state index contributed by atoms with van der Waals surface area (Å²) in [6, 6.07) is 24.2. The summed E-state index contributed by atoms with van der Waals surface area (Å²) in [5.41, 5.74) is 3.15. The van der Waals surface area contributed by atoms with Crippen molar-refractivity contribution in [2.24, 2.45) is 0 Å². The Morgan fingerprint density at radius 1 is 0.900 bits per heavy atom. The molecule has 30 heavy (non-hydrogen) atoms. The zero-order valence-electron chi connectivity index (χ0n) is 16.4. The van der Waals surface area contributed by atoms with Gasteiger partial charge < -0.3 is 4.90 Å². The summed E-state index contributed by atoms with van der Waals surface area (Å²) >= 11 is 5.86. The molecule has 0 aromatic heterocycles. The predicted molar refractivity (Wildman–Crippen MR) is 119 cm³/mol. The van der Waals surface area contributed by atoms with Gasteiger partial charge in [-0.25, -0.2) is 8.42 Å². The summed E-state index contributed by atoms with van der Waals surface area (Å²) in [5.74, 6) is -0.0451. The van der Waals surface area contributed by atoms with E-state index in [0.29, 0.717) is 18.0 Å². The van der Waals surface area contributed by atoms with Gasteiger partial charge in [-0.1, -0.05) is 66.2 Å². The minimum Gasteiger partial charge on any atom is -0.341 e. The lowest BCUT2D eigenvalue weighted by molar-refractivity contribution is -0.129. The highest BCUT2D eigenvalue weighted by molar-refractivity contribution is 7.92. The summed E-state index contributed by atoms with van der Waals surface area (Å²) in [5, 5.41) is -0.0847. The van der Waals surface area contributed by atoms with Crippen LogP contribution in [0.1, 0.15) is 12.0 Å². The van der Waals surface area contributed by atoms with Crippen LogP contribution in [0.4, 0.5) is 0 Å². The zero-order chi connectivity index (χ0) is 21.1. The van der Waals surface area contributed by atoms with Crippen LogP contribution in [-0.4, -0.2) is 37.6 Å². The van der Waals surface area contributed by atoms with Crippen molar-refractivity contribution in [2.45, 2.75) is 23.0 Å². The second-order valence-corrected chi connectivity index (χ2v) is 10.2. The van der Waals surface area contributed by atoms with Gasteiger partial charge in [-0.05, 0) is 47.4 Å². The van der Waals surface area contributed by atoms with E-state index in [9.17, 15) is 13.2 Å². The van der Waals surface area contributed by atoms with Crippen molar-refractivity contribution in [1.29, 1.82) is 0 Å². The first-order chi connectivity index (χ1) is 14.4. The fourth-order valence-electron chi connectivity index (χ4n) is 3.76. The second kappa shape index (κ2) is 8.62. The topological polar surface area (TPSA) is 54.5 Å². The molecule has 6 heteroatoms. The smallest absolute Gasteiger partial charge is 0.227 e. The van der Waals surface area contributed by atoms with Gasteiger partial charge in [0.25, 0.3) is 0 Å². The molecule has 0 aliphatic carbocycles. The van der Waals surface area contributed by atoms with Crippen molar-refractivity contribution in [3.05, 3.63) is 89.4 Å². The maximum atomic E-state index is 12.9. The van der Waals surface area contributed by atoms with Gasteiger partial charge in [0.2, 0.25) is 5.91 Å². The van der Waals surface area contributed by atoms with Crippen molar-refractivity contribution in [3.63, 3.8) is 0 Å². The third-order valence-corrected chi connectivity index (χ3v) is 7.94. The third-order valence-electron chi connectivity index (χ3n) is 5.50. The molecule has 1 heterocycles. The third kappa shape index (κ3) is 4.42. The van der Waals surface area contributed by atoms with Gasteiger partial charge in [0.1, 0.15) is 0 Å². The largest absolute Gasteiger partial charge is 0.341 e. The highest BCUT2D eigenvalue weighted by atomic mass is 35.5. The Morgan fingerprint density at radius 3 is 2.20 bits per heavy atom. The maximum absolute atomic E-state index is 12.9. The molecule has 4 rings (SSSR count). The fourth-order valence-corrected chi connectivity index (χ4v) is 5.58. The van der Waals surface area contributed by atoms with Crippen LogP contribution in [0.25, 0.3) is 11.1 Å². The van der Waals surface area contributed by atoms with Crippen LogP contribution in [0.3, 0.4) is 0 Å². The Balaban J connectivity index is 1.40. The van der Waals surface area contributed by atoms with E-state index >= 15 is 0 Å². The molecule has 0 saturated carbocycles. The molecule has 1 saturated heterocycles. The zero-order valence-corrected chi connectivity index (χ0v) is 17.9. The first-order valence-corrected chi connectivity index (χ1v) is 11.8. The fraction of sp³-hybridized carbons (Fsp3) is 0.208. The van der Waals surface area contributed by atoms with Crippen molar-refractivity contribution in [3.8, 4) is 11.1 Å². The number of nitrogens with zero attached hydrogens (tertiary/aromatic N) is 1. The van der Waals surface area contributed by atoms with Gasteiger partial charge in [-0.3, -0.25) is 4.79 Å². The van der Waals surface area contributed by atoms with E-state index in [2.05, 4.69) is 0 Å². The van der Waals surface area contributed by atoms with Crippen LogP contribution in [0.2, 0.25) is 5.02 Å². The second-order valence-electron chi connectivity index (χ2n) is 7.49. The molecule has 0 spiro atoms. The van der Waals surface area contributed by atoms with Gasteiger partial charge in [0, 0.05) is 18.1 Å². The van der Waals surface area contributed by atoms with Gasteiger partial charge in [-0.15, -0.1) is 0 Å². The number of carbonyl (C=O) groups excluding carboxylic acids is 1. The van der Waals surface area contributed by atoms with Crippen LogP contribution in [0, 0.1) is 0 Å². The average Bonchev–Trinajstić information content (AvgIpc) is 3.27. The van der Waals surface area contributed by atoms with Crippen molar-refractivity contribution in [1.82, 2.24) is 4.90 Å². The van der Waals surface area contributed by atoms with E-state index < -0.39 is 15.1 Å². The molecule has 1 aliphatic rings. The highest BCUT2D eigenvalue weighted by Gasteiger charge is 2.36. The molecule has 3 aromatic rings. The average molecular weight is 440 g/mol. The van der Waals surface area contributed by atoms with Crippen LogP contribution in [-0.2, 0) is 21.1 Å². The molecule has 154 valence electrons. The monoisotopic (exact) mass is 439 g/mol. The molecule has 0 bridgehead atoms. The standard InChI is InChI=1S/C24H22ClNO3S/c25-21-10-12-22(13-11-21)30(28,29)23-14-15-26(17-23)24(27)16-18-6-8-20(9-7-18)19-4-2-1-3-5-19/h1-13,23H,14-17H2. The van der Waals surface area contributed by atoms with Crippen LogP contribution < -0.4 is 0 Å². The number of benzene rings is 3. The molecule has 4 nitrogen and oxygen atoms in total. The summed E-state index contributed by atoms with van der Waals surface area (Å²) in [6.07, 6.45) is 0.715. The summed E-state index contributed by atoms with van der Waals surface area (Å²) in [7, 11) is -3.48. The first-order valence-electron chi connectivity index (χ1n) is 9.85. The minimum atomic E-state index is -3.48. The van der Waals surface area contributed by atoms with Gasteiger partial charge >= 0.3 is 0 Å². The molecule has 1 unspecified atom stereocenters. The molecule has 3 aromatic carbocycles. The molecule has 0 radical (unpaired) electrons. The predicted octanol–water partition coefficient (Wildman–Crippen LogP) is 4.62. The normalized spacial score (nSPS) is 16.6. The van der Waals surface area contributed by atoms with Gasteiger partial charge in [0.05, 0.1) is 16.6 Å². The molecule has 0 N–H and O–H groups in total. The summed E-state index contributed by atoms with van der Waals surface area (Å²) in [6.45, 7) is 0.685. The van der Waals surface area contributed by atoms with E-state index in [-0.39, 0.29) is 23.8 Å². The summed E-state index contributed by atoms with van der Waals surface area (Å²) < 4.78 is 25.7. The van der Waals surface area contributed by atoms with Crippen molar-refractivity contribution in [2.75, 3.05) is 13.1 Å². The Kier molecular flexibility index (Phi) is 5.93. The quantitative estimate of drug-likeness (QED) is 0.582. The number of amides is 1. The lowest BCUT2D eigenvalue weighted by Gasteiger charge is -2.17. The maximum Gasteiger partial charge on any atom is 0.227 e. The molecule has 1 amide bonds. The highest BCUT2D eigenvalue weighted by Crippen LogP contribution is 2.26. The van der Waals surface area contributed by atoms with Crippen molar-refractivity contribution >= 4 is 27.3 Å². The number of hydrogen-bond acceptors (Lipinski definition) is 3. The van der Waals surface area contributed by atoms with Gasteiger partial charge in [-0.2, -0.15) is 0 Å². The van der Waals surface area contributed by atoms with Crippen LogP contribution in [0.5, 0.6) is 0 Å². The number of sulfone groups is 1. The van der Waals surface area contributed by atoms with E-state index in [1.807, 2.05) is 54.6 Å². The number of hydrogen-bond donors (Lipinski definition) is 0. The summed E-state index contributed by atoms with van der Waals surface area (Å²) in [4.78, 5) is 14.6. The number of halogens is 1. The van der Waals surface area contributed by atoms with E-state index in [4.69, 9.17) is 11.6 Å².